The summed E-state index contributed by atoms with van der Waals surface area (Å²) in [5.74, 6) is 1.92. The van der Waals surface area contributed by atoms with Crippen molar-refractivity contribution < 1.29 is 9.47 Å². The highest BCUT2D eigenvalue weighted by atomic mass is 16.5. The molecule has 2 nitrogen and oxygen atoms in total. The van der Waals surface area contributed by atoms with Gasteiger partial charge < -0.3 is 9.47 Å². The van der Waals surface area contributed by atoms with Crippen LogP contribution in [0.3, 0.4) is 0 Å². The molecule has 0 heterocycles. The number of hydrogen-bond donors (Lipinski definition) is 0. The van der Waals surface area contributed by atoms with Crippen molar-refractivity contribution in [2.75, 3.05) is 13.2 Å². The molecule has 3 aromatic rings. The second-order valence-electron chi connectivity index (χ2n) is 5.55. The van der Waals surface area contributed by atoms with E-state index in [-0.39, 0.29) is 0 Å². The summed E-state index contributed by atoms with van der Waals surface area (Å²) in [6.45, 7) is 9.64. The minimum Gasteiger partial charge on any atom is -0.493 e. The molecule has 0 N–H and O–H groups in total. The Morgan fingerprint density at radius 2 is 1.09 bits per heavy atom. The second kappa shape index (κ2) is 5.88. The fourth-order valence-corrected chi connectivity index (χ4v) is 2.96. The molecule has 0 aromatic heterocycles. The Bertz CT molecular complexity index is 764. The van der Waals surface area contributed by atoms with Gasteiger partial charge in [-0.15, -0.1) is 0 Å². The Morgan fingerprint density at radius 1 is 0.682 bits per heavy atom. The summed E-state index contributed by atoms with van der Waals surface area (Å²) in [5.41, 5.74) is 2.54. The maximum atomic E-state index is 6.00. The highest BCUT2D eigenvalue weighted by molar-refractivity contribution is 6.11. The molecule has 22 heavy (non-hydrogen) atoms. The molecule has 0 atom stereocenters. The van der Waals surface area contributed by atoms with E-state index >= 15 is 0 Å². The molecular formula is C20H22O2. The van der Waals surface area contributed by atoms with Crippen molar-refractivity contribution >= 4 is 21.5 Å². The van der Waals surface area contributed by atoms with Crippen LogP contribution in [0.4, 0.5) is 0 Å². The Morgan fingerprint density at radius 3 is 1.45 bits per heavy atom. The SMILES string of the molecule is CCOc1c2ccccc2c(OCC)c2cc(C)c(C)cc12. The summed E-state index contributed by atoms with van der Waals surface area (Å²) in [4.78, 5) is 0. The van der Waals surface area contributed by atoms with Crippen LogP contribution < -0.4 is 9.47 Å². The van der Waals surface area contributed by atoms with Crippen molar-refractivity contribution in [3.05, 3.63) is 47.5 Å². The Hall–Kier alpha value is -2.22. The lowest BCUT2D eigenvalue weighted by molar-refractivity contribution is 0.342. The van der Waals surface area contributed by atoms with E-state index in [9.17, 15) is 0 Å². The average molecular weight is 294 g/mol. The predicted octanol–water partition coefficient (Wildman–Crippen LogP) is 5.41. The zero-order valence-corrected chi connectivity index (χ0v) is 13.7. The number of aryl methyl sites for hydroxylation is 2. The van der Waals surface area contributed by atoms with Crippen LogP contribution in [-0.4, -0.2) is 13.2 Å². The molecule has 0 aliphatic rings. The Balaban J connectivity index is 2.52. The van der Waals surface area contributed by atoms with Gasteiger partial charge in [-0.05, 0) is 51.0 Å². The zero-order valence-electron chi connectivity index (χ0n) is 13.7. The van der Waals surface area contributed by atoms with Gasteiger partial charge in [0.2, 0.25) is 0 Å². The first-order chi connectivity index (χ1) is 10.7. The van der Waals surface area contributed by atoms with Gasteiger partial charge in [0.15, 0.2) is 0 Å². The average Bonchev–Trinajstić information content (AvgIpc) is 2.52. The van der Waals surface area contributed by atoms with Crippen LogP contribution in [0, 0.1) is 13.8 Å². The molecule has 0 saturated heterocycles. The Labute approximate surface area is 131 Å². The number of benzene rings is 3. The fourth-order valence-electron chi connectivity index (χ4n) is 2.96. The minimum absolute atomic E-state index is 0.653. The first-order valence-corrected chi connectivity index (χ1v) is 7.88. The molecule has 0 bridgehead atoms. The van der Waals surface area contributed by atoms with Crippen LogP contribution in [0.25, 0.3) is 21.5 Å². The summed E-state index contributed by atoms with van der Waals surface area (Å²) in [6.07, 6.45) is 0. The number of fused-ring (bicyclic) bond motifs is 2. The van der Waals surface area contributed by atoms with E-state index in [2.05, 4.69) is 38.1 Å². The van der Waals surface area contributed by atoms with Crippen LogP contribution in [0.5, 0.6) is 11.5 Å². The largest absolute Gasteiger partial charge is 0.493 e. The van der Waals surface area contributed by atoms with Gasteiger partial charge in [-0.3, -0.25) is 0 Å². The first-order valence-electron chi connectivity index (χ1n) is 7.88. The van der Waals surface area contributed by atoms with Crippen molar-refractivity contribution in [1.82, 2.24) is 0 Å². The van der Waals surface area contributed by atoms with Gasteiger partial charge >= 0.3 is 0 Å². The van der Waals surface area contributed by atoms with Crippen molar-refractivity contribution in [1.29, 1.82) is 0 Å². The lowest BCUT2D eigenvalue weighted by Gasteiger charge is -2.18. The third kappa shape index (κ3) is 2.29. The summed E-state index contributed by atoms with van der Waals surface area (Å²) in [5, 5.41) is 4.49. The van der Waals surface area contributed by atoms with Gasteiger partial charge in [0, 0.05) is 21.5 Å². The van der Waals surface area contributed by atoms with Crippen molar-refractivity contribution in [2.24, 2.45) is 0 Å². The van der Waals surface area contributed by atoms with Gasteiger partial charge in [0.05, 0.1) is 13.2 Å². The summed E-state index contributed by atoms with van der Waals surface area (Å²) in [6, 6.07) is 12.7. The van der Waals surface area contributed by atoms with Crippen LogP contribution in [0.1, 0.15) is 25.0 Å². The molecule has 0 saturated carbocycles. The molecular weight excluding hydrogens is 272 g/mol. The van der Waals surface area contributed by atoms with E-state index in [0.717, 1.165) is 33.0 Å². The molecule has 3 rings (SSSR count). The van der Waals surface area contributed by atoms with Crippen molar-refractivity contribution in [2.45, 2.75) is 27.7 Å². The third-order valence-corrected chi connectivity index (χ3v) is 4.12. The maximum Gasteiger partial charge on any atom is 0.135 e. The number of ether oxygens (including phenoxy) is 2. The highest BCUT2D eigenvalue weighted by Gasteiger charge is 2.16. The monoisotopic (exact) mass is 294 g/mol. The van der Waals surface area contributed by atoms with Crippen molar-refractivity contribution in [3.63, 3.8) is 0 Å². The van der Waals surface area contributed by atoms with Crippen LogP contribution in [0.15, 0.2) is 36.4 Å². The molecule has 0 amide bonds. The molecule has 0 unspecified atom stereocenters. The normalized spacial score (nSPS) is 11.1. The van der Waals surface area contributed by atoms with Crippen molar-refractivity contribution in [3.8, 4) is 11.5 Å². The van der Waals surface area contributed by atoms with Gasteiger partial charge in [-0.25, -0.2) is 0 Å². The van der Waals surface area contributed by atoms with E-state index < -0.39 is 0 Å². The van der Waals surface area contributed by atoms with Gasteiger partial charge in [0.25, 0.3) is 0 Å². The van der Waals surface area contributed by atoms with Gasteiger partial charge in [0.1, 0.15) is 11.5 Å². The quantitative estimate of drug-likeness (QED) is 0.599. The van der Waals surface area contributed by atoms with E-state index in [1.165, 1.54) is 11.1 Å². The fraction of sp³-hybridized carbons (Fsp3) is 0.300. The molecule has 0 radical (unpaired) electrons. The van der Waals surface area contributed by atoms with Crippen LogP contribution in [-0.2, 0) is 0 Å². The third-order valence-electron chi connectivity index (χ3n) is 4.12. The smallest absolute Gasteiger partial charge is 0.135 e. The van der Waals surface area contributed by atoms with E-state index in [4.69, 9.17) is 9.47 Å². The standard InChI is InChI=1S/C20H22O2/c1-5-21-19-15-9-7-8-10-16(15)20(22-6-2)18-12-14(4)13(3)11-17(18)19/h7-12H,5-6H2,1-4H3. The maximum absolute atomic E-state index is 6.00. The van der Waals surface area contributed by atoms with E-state index in [1.807, 2.05) is 26.0 Å². The lowest BCUT2D eigenvalue weighted by atomic mass is 9.96. The summed E-state index contributed by atoms with van der Waals surface area (Å²) >= 11 is 0. The molecule has 0 spiro atoms. The highest BCUT2D eigenvalue weighted by Crippen LogP contribution is 2.43. The number of rotatable bonds is 4. The number of hydrogen-bond acceptors (Lipinski definition) is 2. The lowest BCUT2D eigenvalue weighted by Crippen LogP contribution is -1.99. The van der Waals surface area contributed by atoms with Gasteiger partial charge in [-0.2, -0.15) is 0 Å². The molecule has 0 aliphatic heterocycles. The topological polar surface area (TPSA) is 18.5 Å². The molecule has 0 aliphatic carbocycles. The molecule has 114 valence electrons. The van der Waals surface area contributed by atoms with Crippen LogP contribution >= 0.6 is 0 Å². The Kier molecular flexibility index (Phi) is 3.93. The van der Waals surface area contributed by atoms with E-state index in [1.54, 1.807) is 0 Å². The predicted molar refractivity (Wildman–Crippen MR) is 93.3 cm³/mol. The summed E-state index contributed by atoms with van der Waals surface area (Å²) < 4.78 is 12.0. The first kappa shape index (κ1) is 14.7. The zero-order chi connectivity index (χ0) is 15.7. The molecule has 2 heteroatoms. The summed E-state index contributed by atoms with van der Waals surface area (Å²) in [7, 11) is 0. The molecule has 3 aromatic carbocycles. The van der Waals surface area contributed by atoms with Gasteiger partial charge in [-0.1, -0.05) is 24.3 Å². The second-order valence-corrected chi connectivity index (χ2v) is 5.55. The van der Waals surface area contributed by atoms with E-state index in [0.29, 0.717) is 13.2 Å². The minimum atomic E-state index is 0.653. The van der Waals surface area contributed by atoms with Crippen LogP contribution in [0.2, 0.25) is 0 Å². The molecule has 0 fully saturated rings.